The molecule has 1 aromatic carbocycles. The summed E-state index contributed by atoms with van der Waals surface area (Å²) in [4.78, 5) is 14.1. The fourth-order valence-corrected chi connectivity index (χ4v) is 1.88. The minimum absolute atomic E-state index is 0.121. The van der Waals surface area contributed by atoms with Gasteiger partial charge in [-0.1, -0.05) is 19.1 Å². The Morgan fingerprint density at radius 1 is 1.10 bits per heavy atom. The minimum atomic E-state index is 0.121. The molecule has 106 valence electrons. The van der Waals surface area contributed by atoms with Crippen molar-refractivity contribution in [3.8, 4) is 6.01 Å². The van der Waals surface area contributed by atoms with Gasteiger partial charge < -0.3 is 9.64 Å². The number of ether oxygens (including phenoxy) is 1. The summed E-state index contributed by atoms with van der Waals surface area (Å²) in [5.41, 5.74) is 2.26. The van der Waals surface area contributed by atoms with Crippen LogP contribution in [-0.2, 0) is 6.42 Å². The number of hydrogen-bond acceptors (Lipinski definition) is 5. The average molecular weight is 293 g/mol. The van der Waals surface area contributed by atoms with Gasteiger partial charge in [-0.15, -0.1) is 0 Å². The van der Waals surface area contributed by atoms with Crippen molar-refractivity contribution in [2.75, 3.05) is 18.6 Å². The van der Waals surface area contributed by atoms with Crippen LogP contribution < -0.4 is 9.64 Å². The summed E-state index contributed by atoms with van der Waals surface area (Å²) < 4.78 is 5.28. The van der Waals surface area contributed by atoms with Crippen molar-refractivity contribution in [1.82, 2.24) is 15.0 Å². The Kier molecular flexibility index (Phi) is 4.74. The third-order valence-corrected chi connectivity index (χ3v) is 3.05. The van der Waals surface area contributed by atoms with E-state index < -0.39 is 0 Å². The molecular formula is C14H17ClN4O. The Balaban J connectivity index is 2.29. The molecule has 5 nitrogen and oxygen atoms in total. The smallest absolute Gasteiger partial charge is 0.322 e. The van der Waals surface area contributed by atoms with E-state index in [1.54, 1.807) is 0 Å². The standard InChI is InChI=1S/C14H17ClN4O/c1-4-10-6-8-11(9-7-10)19(3)13-16-12(15)17-14(18-13)20-5-2/h6-9H,4-5H2,1-3H3. The van der Waals surface area contributed by atoms with Crippen molar-refractivity contribution in [2.24, 2.45) is 0 Å². The van der Waals surface area contributed by atoms with Crippen LogP contribution in [0.1, 0.15) is 19.4 Å². The van der Waals surface area contributed by atoms with Crippen molar-refractivity contribution in [1.29, 1.82) is 0 Å². The first kappa shape index (κ1) is 14.5. The maximum Gasteiger partial charge on any atom is 0.322 e. The van der Waals surface area contributed by atoms with Gasteiger partial charge in [0.1, 0.15) is 0 Å². The molecule has 0 saturated carbocycles. The highest BCUT2D eigenvalue weighted by atomic mass is 35.5. The fourth-order valence-electron chi connectivity index (χ4n) is 1.74. The van der Waals surface area contributed by atoms with Gasteiger partial charge >= 0.3 is 6.01 Å². The SMILES string of the molecule is CCOc1nc(Cl)nc(N(C)c2ccc(CC)cc2)n1. The van der Waals surface area contributed by atoms with Crippen molar-refractivity contribution in [3.63, 3.8) is 0 Å². The molecule has 0 aliphatic heterocycles. The van der Waals surface area contributed by atoms with E-state index >= 15 is 0 Å². The first-order chi connectivity index (χ1) is 9.63. The van der Waals surface area contributed by atoms with Crippen molar-refractivity contribution in [2.45, 2.75) is 20.3 Å². The summed E-state index contributed by atoms with van der Waals surface area (Å²) in [5.74, 6) is 0.456. The van der Waals surface area contributed by atoms with Crippen LogP contribution in [-0.4, -0.2) is 28.6 Å². The molecule has 1 aromatic heterocycles. The first-order valence-electron chi connectivity index (χ1n) is 6.51. The van der Waals surface area contributed by atoms with Gasteiger partial charge in [0.25, 0.3) is 0 Å². The monoisotopic (exact) mass is 292 g/mol. The molecule has 6 heteroatoms. The lowest BCUT2D eigenvalue weighted by molar-refractivity contribution is 0.311. The second-order valence-electron chi connectivity index (χ2n) is 4.20. The molecule has 1 heterocycles. The maximum atomic E-state index is 5.90. The molecular weight excluding hydrogens is 276 g/mol. The van der Waals surface area contributed by atoms with Crippen LogP contribution in [0.25, 0.3) is 0 Å². The Labute approximate surface area is 123 Å². The largest absolute Gasteiger partial charge is 0.464 e. The number of halogens is 1. The van der Waals surface area contributed by atoms with Crippen LogP contribution >= 0.6 is 11.6 Å². The summed E-state index contributed by atoms with van der Waals surface area (Å²) in [7, 11) is 1.88. The van der Waals surface area contributed by atoms with Gasteiger partial charge in [-0.05, 0) is 42.6 Å². The van der Waals surface area contributed by atoms with Gasteiger partial charge in [0.2, 0.25) is 11.2 Å². The zero-order valence-corrected chi connectivity index (χ0v) is 12.6. The van der Waals surface area contributed by atoms with Gasteiger partial charge in [-0.25, -0.2) is 0 Å². The molecule has 0 unspecified atom stereocenters. The van der Waals surface area contributed by atoms with Gasteiger partial charge in [0.05, 0.1) is 6.61 Å². The zero-order valence-electron chi connectivity index (χ0n) is 11.8. The number of aromatic nitrogens is 3. The predicted molar refractivity (Wildman–Crippen MR) is 79.9 cm³/mol. The second kappa shape index (κ2) is 6.52. The third-order valence-electron chi connectivity index (χ3n) is 2.88. The molecule has 0 radical (unpaired) electrons. The predicted octanol–water partition coefficient (Wildman–Crippen LogP) is 3.25. The highest BCUT2D eigenvalue weighted by molar-refractivity contribution is 6.28. The lowest BCUT2D eigenvalue weighted by Crippen LogP contribution is -2.14. The summed E-state index contributed by atoms with van der Waals surface area (Å²) in [6, 6.07) is 8.45. The highest BCUT2D eigenvalue weighted by Gasteiger charge is 2.11. The van der Waals surface area contributed by atoms with E-state index in [0.29, 0.717) is 12.6 Å². The van der Waals surface area contributed by atoms with Crippen molar-refractivity contribution >= 4 is 23.2 Å². The maximum absolute atomic E-state index is 5.90. The molecule has 0 bridgehead atoms. The molecule has 0 aliphatic carbocycles. The van der Waals surface area contributed by atoms with E-state index in [1.165, 1.54) is 5.56 Å². The van der Waals surface area contributed by atoms with Gasteiger partial charge in [-0.2, -0.15) is 15.0 Å². The normalized spacial score (nSPS) is 10.4. The second-order valence-corrected chi connectivity index (χ2v) is 4.54. The number of benzene rings is 1. The minimum Gasteiger partial charge on any atom is -0.464 e. The third kappa shape index (κ3) is 3.36. The molecule has 0 N–H and O–H groups in total. The van der Waals surface area contributed by atoms with Crippen LogP contribution in [0.15, 0.2) is 24.3 Å². The van der Waals surface area contributed by atoms with Crippen LogP contribution in [0.3, 0.4) is 0 Å². The van der Waals surface area contributed by atoms with E-state index in [4.69, 9.17) is 16.3 Å². The first-order valence-corrected chi connectivity index (χ1v) is 6.88. The molecule has 0 aliphatic rings. The molecule has 0 fully saturated rings. The summed E-state index contributed by atoms with van der Waals surface area (Å²) >= 11 is 5.90. The molecule has 0 spiro atoms. The Bertz CT molecular complexity index is 574. The van der Waals surface area contributed by atoms with Crippen LogP contribution in [0, 0.1) is 0 Å². The zero-order chi connectivity index (χ0) is 14.5. The van der Waals surface area contributed by atoms with E-state index in [0.717, 1.165) is 12.1 Å². The number of anilines is 2. The number of rotatable bonds is 5. The van der Waals surface area contributed by atoms with E-state index in [2.05, 4.69) is 34.0 Å². The van der Waals surface area contributed by atoms with Gasteiger partial charge in [-0.3, -0.25) is 0 Å². The fraction of sp³-hybridized carbons (Fsp3) is 0.357. The lowest BCUT2D eigenvalue weighted by Gasteiger charge is -2.17. The van der Waals surface area contributed by atoms with E-state index in [9.17, 15) is 0 Å². The Morgan fingerprint density at radius 3 is 2.40 bits per heavy atom. The molecule has 2 aromatic rings. The Hall–Kier alpha value is -1.88. The Morgan fingerprint density at radius 2 is 1.80 bits per heavy atom. The van der Waals surface area contributed by atoms with Crippen molar-refractivity contribution in [3.05, 3.63) is 35.1 Å². The summed E-state index contributed by atoms with van der Waals surface area (Å²) in [6.07, 6.45) is 1.01. The molecule has 0 atom stereocenters. The number of nitrogens with zero attached hydrogens (tertiary/aromatic N) is 4. The molecule has 20 heavy (non-hydrogen) atoms. The molecule has 2 rings (SSSR count). The van der Waals surface area contributed by atoms with Crippen LogP contribution in [0.5, 0.6) is 6.01 Å². The summed E-state index contributed by atoms with van der Waals surface area (Å²) in [5, 5.41) is 0.121. The van der Waals surface area contributed by atoms with Gasteiger partial charge in [0.15, 0.2) is 0 Å². The molecule has 0 saturated heterocycles. The van der Waals surface area contributed by atoms with Crippen molar-refractivity contribution < 1.29 is 4.74 Å². The highest BCUT2D eigenvalue weighted by Crippen LogP contribution is 2.23. The van der Waals surface area contributed by atoms with Crippen LogP contribution in [0.2, 0.25) is 5.28 Å². The number of hydrogen-bond donors (Lipinski definition) is 0. The van der Waals surface area contributed by atoms with E-state index in [-0.39, 0.29) is 11.3 Å². The quantitative estimate of drug-likeness (QED) is 0.846. The van der Waals surface area contributed by atoms with Crippen LogP contribution in [0.4, 0.5) is 11.6 Å². The molecule has 0 amide bonds. The topological polar surface area (TPSA) is 51.1 Å². The van der Waals surface area contributed by atoms with E-state index in [1.807, 2.05) is 31.0 Å². The van der Waals surface area contributed by atoms with Gasteiger partial charge in [0, 0.05) is 12.7 Å². The summed E-state index contributed by atoms with van der Waals surface area (Å²) in [6.45, 7) is 4.47. The lowest BCUT2D eigenvalue weighted by atomic mass is 10.1. The number of aryl methyl sites for hydroxylation is 1. The average Bonchev–Trinajstić information content (AvgIpc) is 2.46.